The molecule has 0 saturated heterocycles. The van der Waals surface area contributed by atoms with E-state index in [1.165, 1.54) is 48.5 Å². The number of nitrogens with one attached hydrogen (secondary N) is 4. The Bertz CT molecular complexity index is 1120. The minimum Gasteiger partial charge on any atom is -0.478 e. The van der Waals surface area contributed by atoms with Crippen molar-refractivity contribution in [3.8, 4) is 22.6 Å². The van der Waals surface area contributed by atoms with Crippen molar-refractivity contribution in [1.82, 2.24) is 0 Å². The van der Waals surface area contributed by atoms with Gasteiger partial charge in [-0.25, -0.2) is 9.59 Å². The second-order valence-electron chi connectivity index (χ2n) is 6.37. The highest BCUT2D eigenvalue weighted by molar-refractivity contribution is 6.00. The third-order valence-corrected chi connectivity index (χ3v) is 4.19. The molecule has 31 heavy (non-hydrogen) atoms. The largest absolute Gasteiger partial charge is 0.478 e. The summed E-state index contributed by atoms with van der Waals surface area (Å²) in [6, 6.07) is 11.8. The maximum atomic E-state index is 11.7. The molecule has 3 aromatic rings. The fourth-order valence-electron chi connectivity index (χ4n) is 2.97. The summed E-state index contributed by atoms with van der Waals surface area (Å²) < 4.78 is 5.78. The average molecular weight is 422 g/mol. The lowest BCUT2D eigenvalue weighted by Crippen LogP contribution is -2.20. The Morgan fingerprint density at radius 3 is 1.45 bits per heavy atom. The van der Waals surface area contributed by atoms with Gasteiger partial charge in [-0.1, -0.05) is 0 Å². The standard InChI is InChI=1S/C20H18N6O5/c21-19(22)25-9-1-3-11(13(7-9)17(27)28)15-5-6-16(31-15)12-4-2-10(26-20(23)24)8-14(12)18(29)30/h1-8H,(H,27,28)(H,29,30)(H4,21,22,25)(H4,23,24,26). The molecule has 3 rings (SSSR count). The van der Waals surface area contributed by atoms with E-state index in [0.717, 1.165) is 0 Å². The zero-order valence-corrected chi connectivity index (χ0v) is 15.9. The van der Waals surface area contributed by atoms with Crippen LogP contribution in [0.15, 0.2) is 52.9 Å². The second-order valence-corrected chi connectivity index (χ2v) is 6.37. The van der Waals surface area contributed by atoms with Crippen LogP contribution in [0.5, 0.6) is 0 Å². The molecule has 0 amide bonds. The molecule has 0 aliphatic carbocycles. The molecule has 0 atom stereocenters. The number of nitrogens with two attached hydrogens (primary N) is 2. The number of carboxylic acid groups (broad SMARTS) is 2. The highest BCUT2D eigenvalue weighted by Crippen LogP contribution is 2.34. The van der Waals surface area contributed by atoms with E-state index in [-0.39, 0.29) is 45.7 Å². The lowest BCUT2D eigenvalue weighted by atomic mass is 10.0. The van der Waals surface area contributed by atoms with E-state index in [1.807, 2.05) is 0 Å². The van der Waals surface area contributed by atoms with E-state index >= 15 is 0 Å². The molecule has 10 N–H and O–H groups in total. The summed E-state index contributed by atoms with van der Waals surface area (Å²) in [6.07, 6.45) is 0. The molecule has 1 heterocycles. The highest BCUT2D eigenvalue weighted by atomic mass is 16.4. The van der Waals surface area contributed by atoms with Crippen molar-refractivity contribution in [2.45, 2.75) is 0 Å². The van der Waals surface area contributed by atoms with Crippen LogP contribution in [0.1, 0.15) is 20.7 Å². The Balaban J connectivity index is 2.04. The van der Waals surface area contributed by atoms with Crippen molar-refractivity contribution in [3.05, 3.63) is 59.7 Å². The molecular formula is C20H18N6O5. The maximum Gasteiger partial charge on any atom is 0.336 e. The number of anilines is 2. The summed E-state index contributed by atoms with van der Waals surface area (Å²) in [6.45, 7) is 0. The van der Waals surface area contributed by atoms with E-state index in [4.69, 9.17) is 26.7 Å². The average Bonchev–Trinajstić information content (AvgIpc) is 3.16. The summed E-state index contributed by atoms with van der Waals surface area (Å²) in [5.74, 6) is -2.69. The van der Waals surface area contributed by atoms with Crippen LogP contribution in [-0.4, -0.2) is 34.1 Å². The normalized spacial score (nSPS) is 10.3. The van der Waals surface area contributed by atoms with E-state index < -0.39 is 11.9 Å². The van der Waals surface area contributed by atoms with Crippen LogP contribution in [0.2, 0.25) is 0 Å². The van der Waals surface area contributed by atoms with Crippen LogP contribution >= 0.6 is 0 Å². The lowest BCUT2D eigenvalue weighted by Gasteiger charge is -2.09. The summed E-state index contributed by atoms with van der Waals surface area (Å²) >= 11 is 0. The van der Waals surface area contributed by atoms with Gasteiger partial charge in [-0.3, -0.25) is 10.8 Å². The smallest absolute Gasteiger partial charge is 0.336 e. The lowest BCUT2D eigenvalue weighted by molar-refractivity contribution is 0.0687. The molecule has 0 radical (unpaired) electrons. The highest BCUT2D eigenvalue weighted by Gasteiger charge is 2.19. The fraction of sp³-hybridized carbons (Fsp3) is 0. The number of hydrogen-bond donors (Lipinski definition) is 8. The van der Waals surface area contributed by atoms with Gasteiger partial charge in [-0.05, 0) is 48.5 Å². The Kier molecular flexibility index (Phi) is 5.59. The molecule has 0 saturated carbocycles. The summed E-state index contributed by atoms with van der Waals surface area (Å²) in [7, 11) is 0. The summed E-state index contributed by atoms with van der Waals surface area (Å²) in [5.41, 5.74) is 11.5. The zero-order valence-electron chi connectivity index (χ0n) is 15.9. The predicted octanol–water partition coefficient (Wildman–Crippen LogP) is 2.62. The molecule has 0 aliphatic rings. The second kappa shape index (κ2) is 8.29. The van der Waals surface area contributed by atoms with E-state index in [0.29, 0.717) is 11.4 Å². The molecule has 1 aromatic heterocycles. The van der Waals surface area contributed by atoms with Crippen molar-refractivity contribution in [2.24, 2.45) is 11.5 Å². The first-order valence-corrected chi connectivity index (χ1v) is 8.73. The maximum absolute atomic E-state index is 11.7. The number of benzene rings is 2. The minimum absolute atomic E-state index is 0.0911. The fourth-order valence-corrected chi connectivity index (χ4v) is 2.97. The molecule has 0 bridgehead atoms. The van der Waals surface area contributed by atoms with E-state index in [1.54, 1.807) is 0 Å². The first-order valence-electron chi connectivity index (χ1n) is 8.73. The topological polar surface area (TPSA) is 212 Å². The molecular weight excluding hydrogens is 404 g/mol. The van der Waals surface area contributed by atoms with Crippen LogP contribution in [0.4, 0.5) is 11.4 Å². The first kappa shape index (κ1) is 20.9. The molecule has 158 valence electrons. The first-order chi connectivity index (χ1) is 14.7. The Morgan fingerprint density at radius 2 is 1.13 bits per heavy atom. The van der Waals surface area contributed by atoms with Crippen molar-refractivity contribution < 1.29 is 24.2 Å². The third kappa shape index (κ3) is 4.62. The molecule has 11 heteroatoms. The number of carboxylic acids is 2. The number of guanidine groups is 2. The van der Waals surface area contributed by atoms with Gasteiger partial charge in [0.25, 0.3) is 0 Å². The van der Waals surface area contributed by atoms with Crippen molar-refractivity contribution in [1.29, 1.82) is 10.8 Å². The molecule has 2 aromatic carbocycles. The number of hydrogen-bond acceptors (Lipinski definition) is 5. The SMILES string of the molecule is N=C(N)Nc1ccc(-c2ccc(-c3ccc(NC(=N)N)cc3C(=O)O)o2)c(C(=O)O)c1. The van der Waals surface area contributed by atoms with E-state index in [9.17, 15) is 19.8 Å². The van der Waals surface area contributed by atoms with Gasteiger partial charge < -0.3 is 36.7 Å². The Labute approximate surface area is 175 Å². The molecule has 11 nitrogen and oxygen atoms in total. The quantitative estimate of drug-likeness (QED) is 0.216. The Morgan fingerprint density at radius 1 is 0.742 bits per heavy atom. The van der Waals surface area contributed by atoms with Gasteiger partial charge >= 0.3 is 11.9 Å². The van der Waals surface area contributed by atoms with Crippen molar-refractivity contribution >= 4 is 35.2 Å². The van der Waals surface area contributed by atoms with Gasteiger partial charge in [-0.15, -0.1) is 0 Å². The molecule has 0 fully saturated rings. The molecule has 0 spiro atoms. The number of rotatable bonds is 6. The summed E-state index contributed by atoms with van der Waals surface area (Å²) in [4.78, 5) is 23.4. The van der Waals surface area contributed by atoms with Crippen LogP contribution < -0.4 is 22.1 Å². The van der Waals surface area contributed by atoms with Gasteiger partial charge in [0.2, 0.25) is 0 Å². The summed E-state index contributed by atoms with van der Waals surface area (Å²) in [5, 5.41) is 38.7. The van der Waals surface area contributed by atoms with Gasteiger partial charge in [0.05, 0.1) is 11.1 Å². The van der Waals surface area contributed by atoms with Crippen LogP contribution in [0, 0.1) is 10.8 Å². The molecule has 0 unspecified atom stereocenters. The van der Waals surface area contributed by atoms with Crippen LogP contribution in [-0.2, 0) is 0 Å². The van der Waals surface area contributed by atoms with Gasteiger partial charge in [-0.2, -0.15) is 0 Å². The minimum atomic E-state index is -1.22. The molecule has 0 aliphatic heterocycles. The zero-order chi connectivity index (χ0) is 22.7. The number of carbonyl (C=O) groups is 2. The Hall–Kier alpha value is -4.80. The van der Waals surface area contributed by atoms with Gasteiger partial charge in [0, 0.05) is 22.5 Å². The third-order valence-electron chi connectivity index (χ3n) is 4.19. The number of furan rings is 1. The predicted molar refractivity (Wildman–Crippen MR) is 115 cm³/mol. The van der Waals surface area contributed by atoms with Crippen molar-refractivity contribution in [2.75, 3.05) is 10.6 Å². The monoisotopic (exact) mass is 422 g/mol. The van der Waals surface area contributed by atoms with Crippen molar-refractivity contribution in [3.63, 3.8) is 0 Å². The van der Waals surface area contributed by atoms with E-state index in [2.05, 4.69) is 10.6 Å². The van der Waals surface area contributed by atoms with Gasteiger partial charge in [0.15, 0.2) is 11.9 Å². The van der Waals surface area contributed by atoms with Crippen LogP contribution in [0.25, 0.3) is 22.6 Å². The van der Waals surface area contributed by atoms with Crippen LogP contribution in [0.3, 0.4) is 0 Å². The van der Waals surface area contributed by atoms with Gasteiger partial charge in [0.1, 0.15) is 11.5 Å². The number of aromatic carboxylic acids is 2.